The molecular weight excluding hydrogens is 212 g/mol. The van der Waals surface area contributed by atoms with Crippen LogP contribution in [0.15, 0.2) is 30.3 Å². The second-order valence-electron chi connectivity index (χ2n) is 5.38. The van der Waals surface area contributed by atoms with Gasteiger partial charge in [0, 0.05) is 0 Å². The van der Waals surface area contributed by atoms with E-state index < -0.39 is 12.2 Å². The fourth-order valence-electron chi connectivity index (χ4n) is 2.90. The first-order valence-electron chi connectivity index (χ1n) is 6.59. The minimum atomic E-state index is -0.744. The average molecular weight is 234 g/mol. The van der Waals surface area contributed by atoms with E-state index in [9.17, 15) is 10.2 Å². The monoisotopic (exact) mass is 234 g/mol. The predicted octanol–water partition coefficient (Wildman–Crippen LogP) is 2.91. The van der Waals surface area contributed by atoms with Gasteiger partial charge in [-0.05, 0) is 30.2 Å². The fraction of sp³-hybridized carbons (Fsp3) is 0.600. The highest BCUT2D eigenvalue weighted by atomic mass is 16.3. The number of hydrogen-bond acceptors (Lipinski definition) is 2. The van der Waals surface area contributed by atoms with Gasteiger partial charge in [0.15, 0.2) is 0 Å². The first-order chi connectivity index (χ1) is 8.18. The first kappa shape index (κ1) is 12.6. The molecule has 1 saturated carbocycles. The fourth-order valence-corrected chi connectivity index (χ4v) is 2.90. The summed E-state index contributed by atoms with van der Waals surface area (Å²) in [6.07, 6.45) is 3.13. The van der Waals surface area contributed by atoms with Crippen molar-refractivity contribution in [3.8, 4) is 0 Å². The molecule has 0 amide bonds. The molecule has 0 spiro atoms. The van der Waals surface area contributed by atoms with Crippen molar-refractivity contribution in [2.24, 2.45) is 11.8 Å². The van der Waals surface area contributed by atoms with E-state index >= 15 is 0 Å². The molecule has 0 heterocycles. The molecule has 0 aromatic heterocycles. The number of benzene rings is 1. The van der Waals surface area contributed by atoms with Crippen molar-refractivity contribution in [2.75, 3.05) is 0 Å². The topological polar surface area (TPSA) is 40.5 Å². The minimum absolute atomic E-state index is 0.244. The van der Waals surface area contributed by atoms with Gasteiger partial charge in [-0.15, -0.1) is 0 Å². The second-order valence-corrected chi connectivity index (χ2v) is 5.38. The van der Waals surface area contributed by atoms with E-state index in [0.29, 0.717) is 5.92 Å². The van der Waals surface area contributed by atoms with Gasteiger partial charge in [0.2, 0.25) is 0 Å². The molecule has 2 nitrogen and oxygen atoms in total. The Balaban J connectivity index is 2.01. The maximum atomic E-state index is 10.3. The molecule has 1 aliphatic carbocycles. The number of rotatable bonds is 3. The van der Waals surface area contributed by atoms with Gasteiger partial charge in [-0.2, -0.15) is 0 Å². The Hall–Kier alpha value is -0.860. The van der Waals surface area contributed by atoms with Crippen LogP contribution in [0, 0.1) is 11.8 Å². The third-order valence-electron chi connectivity index (χ3n) is 3.92. The normalized spacial score (nSPS) is 28.6. The van der Waals surface area contributed by atoms with Crippen LogP contribution in [-0.2, 0) is 0 Å². The molecule has 2 N–H and O–H groups in total. The predicted molar refractivity (Wildman–Crippen MR) is 68.5 cm³/mol. The molecule has 1 fully saturated rings. The van der Waals surface area contributed by atoms with Gasteiger partial charge in [-0.25, -0.2) is 0 Å². The summed E-state index contributed by atoms with van der Waals surface area (Å²) in [6.45, 7) is 2.23. The third-order valence-corrected chi connectivity index (χ3v) is 3.92. The minimum Gasteiger partial charge on any atom is -0.390 e. The van der Waals surface area contributed by atoms with Crippen molar-refractivity contribution in [3.05, 3.63) is 35.9 Å². The SMILES string of the molecule is CC1CCCC(C(O)C(O)c2ccccc2)C1. The lowest BCUT2D eigenvalue weighted by Gasteiger charge is -2.32. The molecule has 1 aromatic rings. The Kier molecular flexibility index (Phi) is 4.19. The molecule has 2 rings (SSSR count). The van der Waals surface area contributed by atoms with E-state index in [1.165, 1.54) is 12.8 Å². The summed E-state index contributed by atoms with van der Waals surface area (Å²) in [4.78, 5) is 0. The van der Waals surface area contributed by atoms with E-state index in [-0.39, 0.29) is 5.92 Å². The van der Waals surface area contributed by atoms with Crippen LogP contribution in [0.2, 0.25) is 0 Å². The molecule has 4 unspecified atom stereocenters. The van der Waals surface area contributed by atoms with Crippen LogP contribution in [-0.4, -0.2) is 16.3 Å². The van der Waals surface area contributed by atoms with E-state index in [2.05, 4.69) is 6.92 Å². The van der Waals surface area contributed by atoms with Gasteiger partial charge in [-0.1, -0.05) is 50.1 Å². The first-order valence-corrected chi connectivity index (χ1v) is 6.59. The molecule has 2 heteroatoms. The summed E-state index contributed by atoms with van der Waals surface area (Å²) >= 11 is 0. The zero-order chi connectivity index (χ0) is 12.3. The Morgan fingerprint density at radius 3 is 2.47 bits per heavy atom. The Morgan fingerprint density at radius 2 is 1.82 bits per heavy atom. The van der Waals surface area contributed by atoms with Crippen molar-refractivity contribution < 1.29 is 10.2 Å². The van der Waals surface area contributed by atoms with Crippen LogP contribution in [0.3, 0.4) is 0 Å². The van der Waals surface area contributed by atoms with E-state index in [4.69, 9.17) is 0 Å². The van der Waals surface area contributed by atoms with Gasteiger partial charge in [-0.3, -0.25) is 0 Å². The highest BCUT2D eigenvalue weighted by molar-refractivity contribution is 5.18. The number of aliphatic hydroxyl groups is 2. The number of aliphatic hydroxyl groups excluding tert-OH is 2. The van der Waals surface area contributed by atoms with Crippen LogP contribution in [0.4, 0.5) is 0 Å². The lowest BCUT2D eigenvalue weighted by Crippen LogP contribution is -2.31. The van der Waals surface area contributed by atoms with Crippen LogP contribution < -0.4 is 0 Å². The number of hydrogen-bond donors (Lipinski definition) is 2. The standard InChI is InChI=1S/C15H22O2/c1-11-6-5-9-13(10-11)15(17)14(16)12-7-3-2-4-8-12/h2-4,7-8,11,13-17H,5-6,9-10H2,1H3. The van der Waals surface area contributed by atoms with Gasteiger partial charge in [0.05, 0.1) is 6.10 Å². The quantitative estimate of drug-likeness (QED) is 0.844. The van der Waals surface area contributed by atoms with Crippen molar-refractivity contribution in [1.29, 1.82) is 0 Å². The highest BCUT2D eigenvalue weighted by Gasteiger charge is 2.30. The summed E-state index contributed by atoms with van der Waals surface area (Å²) in [7, 11) is 0. The summed E-state index contributed by atoms with van der Waals surface area (Å²) in [5.41, 5.74) is 0.818. The maximum absolute atomic E-state index is 10.3. The summed E-state index contributed by atoms with van der Waals surface area (Å²) in [6, 6.07) is 9.47. The highest BCUT2D eigenvalue weighted by Crippen LogP contribution is 2.34. The molecular formula is C15H22O2. The molecule has 0 aliphatic heterocycles. The zero-order valence-electron chi connectivity index (χ0n) is 10.4. The van der Waals surface area contributed by atoms with Crippen molar-refractivity contribution in [2.45, 2.75) is 44.8 Å². The Bertz CT molecular complexity index is 336. The molecule has 4 atom stereocenters. The molecule has 0 saturated heterocycles. The smallest absolute Gasteiger partial charge is 0.105 e. The summed E-state index contributed by atoms with van der Waals surface area (Å²) in [5, 5.41) is 20.4. The van der Waals surface area contributed by atoms with Gasteiger partial charge in [0.1, 0.15) is 6.10 Å². The van der Waals surface area contributed by atoms with Crippen molar-refractivity contribution >= 4 is 0 Å². The van der Waals surface area contributed by atoms with E-state index in [1.54, 1.807) is 0 Å². The molecule has 0 radical (unpaired) electrons. The van der Waals surface area contributed by atoms with Crippen LogP contribution in [0.1, 0.15) is 44.3 Å². The van der Waals surface area contributed by atoms with E-state index in [1.807, 2.05) is 30.3 Å². The largest absolute Gasteiger partial charge is 0.390 e. The zero-order valence-corrected chi connectivity index (χ0v) is 10.4. The molecule has 1 aliphatic rings. The molecule has 1 aromatic carbocycles. The van der Waals surface area contributed by atoms with Crippen LogP contribution >= 0.6 is 0 Å². The van der Waals surface area contributed by atoms with Crippen LogP contribution in [0.5, 0.6) is 0 Å². The van der Waals surface area contributed by atoms with Gasteiger partial charge in [0.25, 0.3) is 0 Å². The summed E-state index contributed by atoms with van der Waals surface area (Å²) < 4.78 is 0. The van der Waals surface area contributed by atoms with Crippen molar-refractivity contribution in [3.63, 3.8) is 0 Å². The molecule has 17 heavy (non-hydrogen) atoms. The maximum Gasteiger partial charge on any atom is 0.105 e. The van der Waals surface area contributed by atoms with Crippen LogP contribution in [0.25, 0.3) is 0 Å². The summed E-state index contributed by atoms with van der Waals surface area (Å²) in [5.74, 6) is 0.917. The Morgan fingerprint density at radius 1 is 1.12 bits per heavy atom. The Labute approximate surface area is 103 Å². The van der Waals surface area contributed by atoms with Gasteiger partial charge < -0.3 is 10.2 Å². The lowest BCUT2D eigenvalue weighted by molar-refractivity contribution is -0.0337. The second kappa shape index (κ2) is 5.65. The average Bonchev–Trinajstić information content (AvgIpc) is 2.38. The van der Waals surface area contributed by atoms with E-state index in [0.717, 1.165) is 18.4 Å². The van der Waals surface area contributed by atoms with Gasteiger partial charge >= 0.3 is 0 Å². The lowest BCUT2D eigenvalue weighted by atomic mass is 9.77. The molecule has 94 valence electrons. The van der Waals surface area contributed by atoms with Crippen molar-refractivity contribution in [1.82, 2.24) is 0 Å². The third kappa shape index (κ3) is 3.08. The molecule has 0 bridgehead atoms.